The molecule has 0 fully saturated rings. The summed E-state index contributed by atoms with van der Waals surface area (Å²) in [5, 5.41) is 0. The Kier molecular flexibility index (Phi) is 2.77. The lowest BCUT2D eigenvalue weighted by atomic mass is 9.86. The van der Waals surface area contributed by atoms with Crippen LogP contribution in [-0.2, 0) is 5.41 Å². The van der Waals surface area contributed by atoms with Gasteiger partial charge in [-0.1, -0.05) is 45.0 Å². The van der Waals surface area contributed by atoms with E-state index >= 15 is 0 Å². The minimum atomic E-state index is 0.253. The zero-order valence-corrected chi connectivity index (χ0v) is 9.09. The van der Waals surface area contributed by atoms with Gasteiger partial charge in [0.05, 0.1) is 0 Å². The van der Waals surface area contributed by atoms with Gasteiger partial charge in [0.25, 0.3) is 0 Å². The van der Waals surface area contributed by atoms with Crippen molar-refractivity contribution in [1.29, 1.82) is 0 Å². The summed E-state index contributed by atoms with van der Waals surface area (Å²) >= 11 is 0. The van der Waals surface area contributed by atoms with Crippen molar-refractivity contribution in [3.8, 4) is 0 Å². The molecule has 0 spiro atoms. The molecular weight excluding hydrogens is 158 g/mol. The fourth-order valence-corrected chi connectivity index (χ4v) is 1.31. The van der Waals surface area contributed by atoms with Gasteiger partial charge in [-0.2, -0.15) is 0 Å². The fraction of sp³-hybridized carbons (Fsp3) is 0.500. The molecule has 0 aliphatic carbocycles. The second kappa shape index (κ2) is 3.51. The van der Waals surface area contributed by atoms with Crippen molar-refractivity contribution in [3.63, 3.8) is 0 Å². The van der Waals surface area contributed by atoms with E-state index in [1.807, 2.05) is 0 Å². The summed E-state index contributed by atoms with van der Waals surface area (Å²) < 4.78 is 0. The molecule has 13 heavy (non-hydrogen) atoms. The SMILES string of the molecule is C[C@@H]([NH3+])c1ccc(C(C)(C)C)cc1. The highest BCUT2D eigenvalue weighted by atomic mass is 14.6. The fourth-order valence-electron chi connectivity index (χ4n) is 1.31. The molecule has 1 atom stereocenters. The van der Waals surface area contributed by atoms with E-state index in [0.717, 1.165) is 0 Å². The van der Waals surface area contributed by atoms with Crippen LogP contribution in [0.4, 0.5) is 0 Å². The lowest BCUT2D eigenvalue weighted by Crippen LogP contribution is -2.51. The van der Waals surface area contributed by atoms with Crippen molar-refractivity contribution in [2.45, 2.75) is 39.2 Å². The van der Waals surface area contributed by atoms with Gasteiger partial charge in [0.2, 0.25) is 0 Å². The number of hydrogen-bond acceptors (Lipinski definition) is 0. The minimum Gasteiger partial charge on any atom is -0.352 e. The van der Waals surface area contributed by atoms with Crippen LogP contribution in [0.15, 0.2) is 24.3 Å². The predicted molar refractivity (Wildman–Crippen MR) is 56.4 cm³/mol. The van der Waals surface area contributed by atoms with E-state index in [4.69, 9.17) is 0 Å². The number of hydrogen-bond donors (Lipinski definition) is 1. The molecule has 0 aliphatic rings. The van der Waals surface area contributed by atoms with Crippen LogP contribution in [0, 0.1) is 0 Å². The zero-order valence-electron chi connectivity index (χ0n) is 9.09. The molecule has 0 aliphatic heterocycles. The van der Waals surface area contributed by atoms with Crippen LogP contribution >= 0.6 is 0 Å². The maximum atomic E-state index is 4.00. The summed E-state index contributed by atoms with van der Waals surface area (Å²) in [7, 11) is 0. The van der Waals surface area contributed by atoms with Crippen molar-refractivity contribution in [2.75, 3.05) is 0 Å². The van der Waals surface area contributed by atoms with E-state index < -0.39 is 0 Å². The molecule has 0 aromatic heterocycles. The van der Waals surface area contributed by atoms with E-state index in [0.29, 0.717) is 6.04 Å². The van der Waals surface area contributed by atoms with Crippen LogP contribution in [-0.4, -0.2) is 0 Å². The average molecular weight is 178 g/mol. The van der Waals surface area contributed by atoms with Gasteiger partial charge < -0.3 is 5.73 Å². The Morgan fingerprint density at radius 3 is 1.85 bits per heavy atom. The van der Waals surface area contributed by atoms with Crippen LogP contribution in [0.5, 0.6) is 0 Å². The van der Waals surface area contributed by atoms with Crippen molar-refractivity contribution in [2.24, 2.45) is 0 Å². The van der Waals surface area contributed by atoms with Crippen LogP contribution in [0.2, 0.25) is 0 Å². The molecule has 0 bridgehead atoms. The van der Waals surface area contributed by atoms with Crippen LogP contribution in [0.3, 0.4) is 0 Å². The normalized spacial score (nSPS) is 14.2. The van der Waals surface area contributed by atoms with Gasteiger partial charge in [0, 0.05) is 5.56 Å². The summed E-state index contributed by atoms with van der Waals surface area (Å²) in [6.45, 7) is 8.81. The largest absolute Gasteiger partial charge is 0.352 e. The highest BCUT2D eigenvalue weighted by molar-refractivity contribution is 5.28. The van der Waals surface area contributed by atoms with Gasteiger partial charge >= 0.3 is 0 Å². The van der Waals surface area contributed by atoms with Crippen LogP contribution in [0.1, 0.15) is 44.9 Å². The zero-order chi connectivity index (χ0) is 10.1. The van der Waals surface area contributed by atoms with Gasteiger partial charge in [-0.05, 0) is 17.9 Å². The molecule has 3 N–H and O–H groups in total. The standard InChI is InChI=1S/C12H19N/c1-9(13)10-5-7-11(8-6-10)12(2,3)4/h5-9H,13H2,1-4H3/p+1/t9-/m1/s1. The summed E-state index contributed by atoms with van der Waals surface area (Å²) in [5.41, 5.74) is 6.95. The lowest BCUT2D eigenvalue weighted by molar-refractivity contribution is -0.420. The first-order chi connectivity index (χ1) is 5.91. The Bertz CT molecular complexity index is 264. The Morgan fingerprint density at radius 2 is 1.54 bits per heavy atom. The molecular formula is C12H20N+. The lowest BCUT2D eigenvalue weighted by Gasteiger charge is -2.19. The molecule has 1 heteroatoms. The molecule has 0 amide bonds. The number of quaternary nitrogens is 1. The first-order valence-electron chi connectivity index (χ1n) is 4.85. The monoisotopic (exact) mass is 178 g/mol. The third-order valence-electron chi connectivity index (χ3n) is 2.35. The first kappa shape index (κ1) is 10.3. The molecule has 0 radical (unpaired) electrons. The van der Waals surface area contributed by atoms with Crippen LogP contribution in [0.25, 0.3) is 0 Å². The molecule has 1 rings (SSSR count). The van der Waals surface area contributed by atoms with Gasteiger partial charge in [-0.15, -0.1) is 0 Å². The Balaban J connectivity index is 2.94. The van der Waals surface area contributed by atoms with Crippen molar-refractivity contribution in [3.05, 3.63) is 35.4 Å². The van der Waals surface area contributed by atoms with Crippen molar-refractivity contribution < 1.29 is 5.73 Å². The summed E-state index contributed by atoms with van der Waals surface area (Å²) in [6, 6.07) is 9.15. The number of benzene rings is 1. The summed E-state index contributed by atoms with van der Waals surface area (Å²) in [4.78, 5) is 0. The van der Waals surface area contributed by atoms with Gasteiger partial charge in [0.15, 0.2) is 0 Å². The molecule has 1 aromatic rings. The van der Waals surface area contributed by atoms with E-state index in [2.05, 4.69) is 57.7 Å². The van der Waals surface area contributed by atoms with Crippen LogP contribution < -0.4 is 5.73 Å². The van der Waals surface area contributed by atoms with E-state index in [1.54, 1.807) is 0 Å². The van der Waals surface area contributed by atoms with Gasteiger partial charge in [-0.3, -0.25) is 0 Å². The Labute approximate surface area is 81.0 Å². The van der Waals surface area contributed by atoms with Gasteiger partial charge in [-0.25, -0.2) is 0 Å². The topological polar surface area (TPSA) is 27.6 Å². The molecule has 1 nitrogen and oxygen atoms in total. The van der Waals surface area contributed by atoms with Crippen molar-refractivity contribution >= 4 is 0 Å². The molecule has 0 saturated heterocycles. The summed E-state index contributed by atoms with van der Waals surface area (Å²) in [5.74, 6) is 0. The molecule has 0 heterocycles. The molecule has 72 valence electrons. The van der Waals surface area contributed by atoms with E-state index in [9.17, 15) is 0 Å². The second-order valence-corrected chi connectivity index (χ2v) is 4.77. The Morgan fingerprint density at radius 1 is 1.08 bits per heavy atom. The highest BCUT2D eigenvalue weighted by Gasteiger charge is 2.13. The number of rotatable bonds is 1. The highest BCUT2D eigenvalue weighted by Crippen LogP contribution is 2.22. The van der Waals surface area contributed by atoms with Gasteiger partial charge in [0.1, 0.15) is 6.04 Å². The Hall–Kier alpha value is -0.820. The molecule has 0 unspecified atom stereocenters. The average Bonchev–Trinajstić information content (AvgIpc) is 2.03. The smallest absolute Gasteiger partial charge is 0.107 e. The predicted octanol–water partition coefficient (Wildman–Crippen LogP) is 2.29. The molecule has 0 saturated carbocycles. The molecule has 1 aromatic carbocycles. The quantitative estimate of drug-likeness (QED) is 0.683. The first-order valence-corrected chi connectivity index (χ1v) is 4.85. The van der Waals surface area contributed by atoms with E-state index in [-0.39, 0.29) is 5.41 Å². The third-order valence-corrected chi connectivity index (χ3v) is 2.35. The minimum absolute atomic E-state index is 0.253. The third kappa shape index (κ3) is 2.56. The van der Waals surface area contributed by atoms with Crippen molar-refractivity contribution in [1.82, 2.24) is 0 Å². The maximum absolute atomic E-state index is 4.00. The maximum Gasteiger partial charge on any atom is 0.107 e. The second-order valence-electron chi connectivity index (χ2n) is 4.77. The summed E-state index contributed by atoms with van der Waals surface area (Å²) in [6.07, 6.45) is 0. The van der Waals surface area contributed by atoms with E-state index in [1.165, 1.54) is 11.1 Å².